The number of carbonyl (C=O) groups excluding carboxylic acids is 1. The molecular formula is C31H35N7O. The molecule has 2 aliphatic heterocycles. The summed E-state index contributed by atoms with van der Waals surface area (Å²) < 4.78 is 2.04. The predicted octanol–water partition coefficient (Wildman–Crippen LogP) is 4.98. The molecular weight excluding hydrogens is 486 g/mol. The SMILES string of the molecule is CCc1cccc(C)c1NC(=O)c1ccn2c1CCc1cnc(Nc3ccc(N4CCN(C)CC4)cc3)nc1-2. The number of aromatic nitrogens is 3. The monoisotopic (exact) mass is 521 g/mol. The first-order valence-electron chi connectivity index (χ1n) is 13.8. The molecule has 0 aliphatic carbocycles. The summed E-state index contributed by atoms with van der Waals surface area (Å²) in [5, 5.41) is 6.54. The lowest BCUT2D eigenvalue weighted by atomic mass is 10.0. The van der Waals surface area contributed by atoms with Crippen molar-refractivity contribution in [3.05, 3.63) is 88.9 Å². The summed E-state index contributed by atoms with van der Waals surface area (Å²) in [7, 11) is 2.17. The highest BCUT2D eigenvalue weighted by atomic mass is 16.1. The van der Waals surface area contributed by atoms with Crippen LogP contribution in [0.5, 0.6) is 0 Å². The lowest BCUT2D eigenvalue weighted by Crippen LogP contribution is -2.44. The molecule has 0 unspecified atom stereocenters. The molecule has 4 heterocycles. The highest BCUT2D eigenvalue weighted by Crippen LogP contribution is 2.29. The molecule has 0 bridgehead atoms. The van der Waals surface area contributed by atoms with Crippen LogP contribution in [0.4, 0.5) is 23.0 Å². The van der Waals surface area contributed by atoms with Gasteiger partial charge in [0.2, 0.25) is 5.95 Å². The number of rotatable bonds is 6. The van der Waals surface area contributed by atoms with E-state index in [2.05, 4.69) is 69.7 Å². The quantitative estimate of drug-likeness (QED) is 0.373. The van der Waals surface area contributed by atoms with Crippen molar-refractivity contribution >= 4 is 28.9 Å². The minimum Gasteiger partial charge on any atom is -0.369 e. The second-order valence-corrected chi connectivity index (χ2v) is 10.5. The number of fused-ring (bicyclic) bond motifs is 3. The van der Waals surface area contributed by atoms with Crippen LogP contribution in [0.15, 0.2) is 60.9 Å². The van der Waals surface area contributed by atoms with Crippen LogP contribution in [0.3, 0.4) is 0 Å². The Labute approximate surface area is 229 Å². The number of hydrogen-bond donors (Lipinski definition) is 2. The highest BCUT2D eigenvalue weighted by molar-refractivity contribution is 6.06. The molecule has 1 amide bonds. The van der Waals surface area contributed by atoms with E-state index in [4.69, 9.17) is 4.98 Å². The van der Waals surface area contributed by atoms with Gasteiger partial charge in [-0.25, -0.2) is 4.98 Å². The van der Waals surface area contributed by atoms with E-state index in [1.807, 2.05) is 42.1 Å². The van der Waals surface area contributed by atoms with E-state index in [0.717, 1.165) is 85.0 Å². The average molecular weight is 522 g/mol. The molecule has 8 nitrogen and oxygen atoms in total. The third-order valence-electron chi connectivity index (χ3n) is 7.91. The molecule has 2 aliphatic rings. The Bertz CT molecular complexity index is 1500. The normalized spacial score (nSPS) is 15.0. The number of hydrogen-bond acceptors (Lipinski definition) is 6. The van der Waals surface area contributed by atoms with Gasteiger partial charge in [-0.1, -0.05) is 25.1 Å². The minimum atomic E-state index is -0.0796. The largest absolute Gasteiger partial charge is 0.369 e. The molecule has 0 spiro atoms. The van der Waals surface area contributed by atoms with Crippen molar-refractivity contribution in [3.8, 4) is 5.82 Å². The zero-order valence-electron chi connectivity index (χ0n) is 22.9. The smallest absolute Gasteiger partial charge is 0.257 e. The molecule has 0 atom stereocenters. The number of carbonyl (C=O) groups is 1. The van der Waals surface area contributed by atoms with Gasteiger partial charge in [0.15, 0.2) is 0 Å². The summed E-state index contributed by atoms with van der Waals surface area (Å²) in [6.07, 6.45) is 6.27. The summed E-state index contributed by atoms with van der Waals surface area (Å²) in [6, 6.07) is 16.5. The molecule has 1 fully saturated rings. The van der Waals surface area contributed by atoms with E-state index in [9.17, 15) is 4.79 Å². The number of amides is 1. The Kier molecular flexibility index (Phi) is 6.79. The number of anilines is 4. The molecule has 39 heavy (non-hydrogen) atoms. The molecule has 2 N–H and O–H groups in total. The van der Waals surface area contributed by atoms with Gasteiger partial charge < -0.3 is 25.0 Å². The van der Waals surface area contributed by atoms with Crippen molar-refractivity contribution in [1.29, 1.82) is 0 Å². The van der Waals surface area contributed by atoms with E-state index < -0.39 is 0 Å². The fourth-order valence-corrected chi connectivity index (χ4v) is 5.55. The number of benzene rings is 2. The Morgan fingerprint density at radius 2 is 1.79 bits per heavy atom. The first-order valence-corrected chi connectivity index (χ1v) is 13.8. The number of likely N-dealkylation sites (N-methyl/N-ethyl adjacent to an activating group) is 1. The van der Waals surface area contributed by atoms with Gasteiger partial charge in [-0.05, 0) is 74.7 Å². The van der Waals surface area contributed by atoms with Crippen LogP contribution >= 0.6 is 0 Å². The molecule has 2 aromatic heterocycles. The van der Waals surface area contributed by atoms with Gasteiger partial charge in [-0.15, -0.1) is 0 Å². The number of para-hydroxylation sites is 1. The number of nitrogens with zero attached hydrogens (tertiary/aromatic N) is 5. The average Bonchev–Trinajstić information content (AvgIpc) is 3.40. The standard InChI is InChI=1S/C31H35N7O/c1-4-22-7-5-6-21(2)28(22)34-30(39)26-14-15-38-27(26)13-8-23-20-32-31(35-29(23)38)33-24-9-11-25(12-10-24)37-18-16-36(3)17-19-37/h5-7,9-12,14-15,20H,4,8,13,16-19H2,1-3H3,(H,34,39)(H,32,33,35). The zero-order chi connectivity index (χ0) is 26.9. The first kappa shape index (κ1) is 25.1. The van der Waals surface area contributed by atoms with Gasteiger partial charge in [0.25, 0.3) is 5.91 Å². The third kappa shape index (κ3) is 5.00. The Hall–Kier alpha value is -4.17. The van der Waals surface area contributed by atoms with Crippen LogP contribution in [0.1, 0.15) is 39.7 Å². The maximum absolute atomic E-state index is 13.4. The summed E-state index contributed by atoms with van der Waals surface area (Å²) in [5.74, 6) is 1.29. The van der Waals surface area contributed by atoms with Crippen LogP contribution in [0.25, 0.3) is 5.82 Å². The van der Waals surface area contributed by atoms with Gasteiger partial charge in [-0.2, -0.15) is 4.98 Å². The van der Waals surface area contributed by atoms with E-state index in [1.165, 1.54) is 5.69 Å². The second kappa shape index (κ2) is 10.5. The van der Waals surface area contributed by atoms with Crippen molar-refractivity contribution in [2.75, 3.05) is 48.8 Å². The molecule has 0 saturated carbocycles. The van der Waals surface area contributed by atoms with Gasteiger partial charge in [-0.3, -0.25) is 4.79 Å². The number of aryl methyl sites for hydroxylation is 3. The fraction of sp³-hybridized carbons (Fsp3) is 0.323. The van der Waals surface area contributed by atoms with Crippen molar-refractivity contribution in [3.63, 3.8) is 0 Å². The van der Waals surface area contributed by atoms with E-state index in [0.29, 0.717) is 11.5 Å². The van der Waals surface area contributed by atoms with Crippen LogP contribution in [0.2, 0.25) is 0 Å². The number of nitrogens with one attached hydrogen (secondary N) is 2. The van der Waals surface area contributed by atoms with Gasteiger partial charge in [0, 0.05) is 66.9 Å². The summed E-state index contributed by atoms with van der Waals surface area (Å²) in [4.78, 5) is 27.6. The number of piperazine rings is 1. The first-order chi connectivity index (χ1) is 19.0. The summed E-state index contributed by atoms with van der Waals surface area (Å²) >= 11 is 0. The van der Waals surface area contributed by atoms with Gasteiger partial charge in [0.05, 0.1) is 5.56 Å². The Morgan fingerprint density at radius 3 is 2.56 bits per heavy atom. The summed E-state index contributed by atoms with van der Waals surface area (Å²) in [5.41, 5.74) is 8.05. The lowest BCUT2D eigenvalue weighted by molar-refractivity contribution is 0.102. The molecule has 200 valence electrons. The van der Waals surface area contributed by atoms with Crippen LogP contribution < -0.4 is 15.5 Å². The fourth-order valence-electron chi connectivity index (χ4n) is 5.55. The Morgan fingerprint density at radius 1 is 1.00 bits per heavy atom. The maximum Gasteiger partial charge on any atom is 0.257 e. The maximum atomic E-state index is 13.4. The van der Waals surface area contributed by atoms with Crippen molar-refractivity contribution in [2.24, 2.45) is 0 Å². The van der Waals surface area contributed by atoms with E-state index in [1.54, 1.807) is 0 Å². The predicted molar refractivity (Wildman–Crippen MR) is 157 cm³/mol. The molecule has 4 aromatic rings. The molecule has 8 heteroatoms. The molecule has 1 saturated heterocycles. The molecule has 2 aromatic carbocycles. The van der Waals surface area contributed by atoms with Crippen LogP contribution in [-0.2, 0) is 19.3 Å². The highest BCUT2D eigenvalue weighted by Gasteiger charge is 2.24. The Balaban J connectivity index is 1.20. The van der Waals surface area contributed by atoms with E-state index in [-0.39, 0.29) is 5.91 Å². The van der Waals surface area contributed by atoms with Gasteiger partial charge in [0.1, 0.15) is 5.82 Å². The van der Waals surface area contributed by atoms with Crippen molar-refractivity contribution in [2.45, 2.75) is 33.1 Å². The third-order valence-corrected chi connectivity index (χ3v) is 7.91. The van der Waals surface area contributed by atoms with Crippen molar-refractivity contribution < 1.29 is 4.79 Å². The molecule has 0 radical (unpaired) electrons. The topological polar surface area (TPSA) is 78.3 Å². The van der Waals surface area contributed by atoms with Crippen LogP contribution in [0, 0.1) is 6.92 Å². The zero-order valence-corrected chi connectivity index (χ0v) is 22.9. The van der Waals surface area contributed by atoms with Crippen molar-refractivity contribution in [1.82, 2.24) is 19.4 Å². The molecule has 6 rings (SSSR count). The van der Waals surface area contributed by atoms with E-state index >= 15 is 0 Å². The van der Waals surface area contributed by atoms with Gasteiger partial charge >= 0.3 is 0 Å². The summed E-state index contributed by atoms with van der Waals surface area (Å²) in [6.45, 7) is 8.39. The minimum absolute atomic E-state index is 0.0796. The second-order valence-electron chi connectivity index (χ2n) is 10.5. The lowest BCUT2D eigenvalue weighted by Gasteiger charge is -2.34. The van der Waals surface area contributed by atoms with Crippen LogP contribution in [-0.4, -0.2) is 58.6 Å².